The van der Waals surface area contributed by atoms with Crippen LogP contribution in [-0.2, 0) is 4.74 Å². The monoisotopic (exact) mass is 284 g/mol. The maximum absolute atomic E-state index is 12.4. The zero-order valence-electron chi connectivity index (χ0n) is 12.2. The lowest BCUT2D eigenvalue weighted by atomic mass is 10.0. The van der Waals surface area contributed by atoms with E-state index in [1.165, 1.54) is 0 Å². The number of amides is 1. The maximum Gasteiger partial charge on any atom is 0.252 e. The SMILES string of the molecule is COCCNc1cc(C(=O)NC2CC2)c2ccccc2c1. The van der Waals surface area contributed by atoms with E-state index in [0.717, 1.165) is 41.4 Å². The molecule has 0 spiro atoms. The van der Waals surface area contributed by atoms with Gasteiger partial charge < -0.3 is 15.4 Å². The van der Waals surface area contributed by atoms with Crippen molar-refractivity contribution < 1.29 is 9.53 Å². The van der Waals surface area contributed by atoms with Gasteiger partial charge in [0, 0.05) is 30.9 Å². The Bertz CT molecular complexity index is 650. The lowest BCUT2D eigenvalue weighted by Crippen LogP contribution is -2.25. The van der Waals surface area contributed by atoms with Crippen LogP contribution in [0.1, 0.15) is 23.2 Å². The second kappa shape index (κ2) is 6.14. The molecule has 3 rings (SSSR count). The molecular weight excluding hydrogens is 264 g/mol. The summed E-state index contributed by atoms with van der Waals surface area (Å²) in [5.41, 5.74) is 1.69. The first-order valence-electron chi connectivity index (χ1n) is 7.34. The molecule has 2 aromatic rings. The average molecular weight is 284 g/mol. The molecule has 0 aromatic heterocycles. The minimum Gasteiger partial charge on any atom is -0.383 e. The van der Waals surface area contributed by atoms with Gasteiger partial charge in [-0.05, 0) is 35.7 Å². The Morgan fingerprint density at radius 1 is 1.29 bits per heavy atom. The molecule has 1 aliphatic rings. The Morgan fingerprint density at radius 2 is 2.10 bits per heavy atom. The second-order valence-electron chi connectivity index (χ2n) is 5.41. The normalized spacial score (nSPS) is 14.1. The lowest BCUT2D eigenvalue weighted by Gasteiger charge is -2.12. The number of carbonyl (C=O) groups excluding carboxylic acids is 1. The summed E-state index contributed by atoms with van der Waals surface area (Å²) in [6, 6.07) is 12.3. The van der Waals surface area contributed by atoms with Gasteiger partial charge in [-0.15, -0.1) is 0 Å². The Balaban J connectivity index is 1.92. The van der Waals surface area contributed by atoms with Gasteiger partial charge in [-0.1, -0.05) is 24.3 Å². The van der Waals surface area contributed by atoms with Crippen LogP contribution in [0.5, 0.6) is 0 Å². The summed E-state index contributed by atoms with van der Waals surface area (Å²) in [5.74, 6) is 0.0177. The predicted octanol–water partition coefficient (Wildman–Crippen LogP) is 2.79. The summed E-state index contributed by atoms with van der Waals surface area (Å²) in [6.07, 6.45) is 2.19. The molecule has 4 nitrogen and oxygen atoms in total. The van der Waals surface area contributed by atoms with Crippen LogP contribution in [-0.4, -0.2) is 32.2 Å². The van der Waals surface area contributed by atoms with E-state index in [0.29, 0.717) is 12.6 Å². The van der Waals surface area contributed by atoms with Crippen LogP contribution in [0, 0.1) is 0 Å². The number of fused-ring (bicyclic) bond motifs is 1. The van der Waals surface area contributed by atoms with Crippen LogP contribution in [0.3, 0.4) is 0 Å². The van der Waals surface area contributed by atoms with Crippen LogP contribution in [0.4, 0.5) is 5.69 Å². The van der Waals surface area contributed by atoms with E-state index in [4.69, 9.17) is 4.74 Å². The Hall–Kier alpha value is -2.07. The zero-order valence-corrected chi connectivity index (χ0v) is 12.2. The van der Waals surface area contributed by atoms with Gasteiger partial charge in [0.05, 0.1) is 6.61 Å². The van der Waals surface area contributed by atoms with E-state index < -0.39 is 0 Å². The van der Waals surface area contributed by atoms with E-state index in [-0.39, 0.29) is 5.91 Å². The number of hydrogen-bond donors (Lipinski definition) is 2. The zero-order chi connectivity index (χ0) is 14.7. The van der Waals surface area contributed by atoms with Crippen LogP contribution in [0.25, 0.3) is 10.8 Å². The van der Waals surface area contributed by atoms with Crippen molar-refractivity contribution in [3.63, 3.8) is 0 Å². The summed E-state index contributed by atoms with van der Waals surface area (Å²) < 4.78 is 5.05. The molecule has 21 heavy (non-hydrogen) atoms. The highest BCUT2D eigenvalue weighted by Gasteiger charge is 2.24. The van der Waals surface area contributed by atoms with Crippen molar-refractivity contribution in [1.82, 2.24) is 5.32 Å². The molecule has 0 bridgehead atoms. The number of rotatable bonds is 6. The molecule has 0 aliphatic heterocycles. The fraction of sp³-hybridized carbons (Fsp3) is 0.353. The molecule has 0 saturated heterocycles. The molecule has 0 heterocycles. The van der Waals surface area contributed by atoms with Gasteiger partial charge in [-0.3, -0.25) is 4.79 Å². The van der Waals surface area contributed by atoms with Crippen molar-refractivity contribution in [2.24, 2.45) is 0 Å². The first-order valence-corrected chi connectivity index (χ1v) is 7.34. The van der Waals surface area contributed by atoms with Gasteiger partial charge >= 0.3 is 0 Å². The van der Waals surface area contributed by atoms with Gasteiger partial charge in [0.1, 0.15) is 0 Å². The number of methoxy groups -OCH3 is 1. The van der Waals surface area contributed by atoms with Gasteiger partial charge in [0.25, 0.3) is 5.91 Å². The number of ether oxygens (including phenoxy) is 1. The largest absolute Gasteiger partial charge is 0.383 e. The first-order chi connectivity index (χ1) is 10.3. The molecule has 1 amide bonds. The molecule has 1 fully saturated rings. The third kappa shape index (κ3) is 3.34. The molecule has 0 atom stereocenters. The van der Waals surface area contributed by atoms with Gasteiger partial charge in [0.15, 0.2) is 0 Å². The third-order valence-electron chi connectivity index (χ3n) is 3.65. The van der Waals surface area contributed by atoms with Gasteiger partial charge in [-0.2, -0.15) is 0 Å². The van der Waals surface area contributed by atoms with Gasteiger partial charge in [-0.25, -0.2) is 0 Å². The smallest absolute Gasteiger partial charge is 0.252 e. The predicted molar refractivity (Wildman–Crippen MR) is 84.8 cm³/mol. The van der Waals surface area contributed by atoms with Crippen molar-refractivity contribution >= 4 is 22.4 Å². The highest BCUT2D eigenvalue weighted by molar-refractivity contribution is 6.08. The summed E-state index contributed by atoms with van der Waals surface area (Å²) in [4.78, 5) is 12.4. The van der Waals surface area contributed by atoms with Crippen molar-refractivity contribution in [2.75, 3.05) is 25.6 Å². The summed E-state index contributed by atoms with van der Waals surface area (Å²) >= 11 is 0. The van der Waals surface area contributed by atoms with Crippen LogP contribution < -0.4 is 10.6 Å². The summed E-state index contributed by atoms with van der Waals surface area (Å²) in [5, 5.41) is 8.43. The van der Waals surface area contributed by atoms with Crippen molar-refractivity contribution in [3.8, 4) is 0 Å². The molecule has 110 valence electrons. The van der Waals surface area contributed by atoms with E-state index in [9.17, 15) is 4.79 Å². The number of hydrogen-bond acceptors (Lipinski definition) is 3. The Morgan fingerprint density at radius 3 is 2.86 bits per heavy atom. The fourth-order valence-corrected chi connectivity index (χ4v) is 2.39. The Kier molecular flexibility index (Phi) is 4.06. The quantitative estimate of drug-likeness (QED) is 0.802. The van der Waals surface area contributed by atoms with Crippen LogP contribution in [0.2, 0.25) is 0 Å². The van der Waals surface area contributed by atoms with Crippen LogP contribution in [0.15, 0.2) is 36.4 Å². The summed E-state index contributed by atoms with van der Waals surface area (Å²) in [6.45, 7) is 1.36. The first kappa shape index (κ1) is 13.9. The minimum absolute atomic E-state index is 0.0177. The average Bonchev–Trinajstić information content (AvgIpc) is 3.30. The molecule has 0 unspecified atom stereocenters. The third-order valence-corrected chi connectivity index (χ3v) is 3.65. The molecule has 2 N–H and O–H groups in total. The topological polar surface area (TPSA) is 50.4 Å². The van der Waals surface area contributed by atoms with E-state index >= 15 is 0 Å². The molecule has 1 aliphatic carbocycles. The number of nitrogens with one attached hydrogen (secondary N) is 2. The number of carbonyl (C=O) groups is 1. The molecule has 2 aromatic carbocycles. The van der Waals surface area contributed by atoms with E-state index in [1.807, 2.05) is 30.3 Å². The van der Waals surface area contributed by atoms with E-state index in [1.54, 1.807) is 7.11 Å². The number of benzene rings is 2. The van der Waals surface area contributed by atoms with E-state index in [2.05, 4.69) is 16.7 Å². The van der Waals surface area contributed by atoms with Gasteiger partial charge in [0.2, 0.25) is 0 Å². The standard InChI is InChI=1S/C17H20N2O2/c1-21-9-8-18-14-10-12-4-2-3-5-15(12)16(11-14)17(20)19-13-6-7-13/h2-5,10-11,13,18H,6-9H2,1H3,(H,19,20). The van der Waals surface area contributed by atoms with Crippen molar-refractivity contribution in [2.45, 2.75) is 18.9 Å². The minimum atomic E-state index is 0.0177. The molecule has 1 saturated carbocycles. The number of anilines is 1. The van der Waals surface area contributed by atoms with Crippen molar-refractivity contribution in [1.29, 1.82) is 0 Å². The Labute approximate surface area is 124 Å². The second-order valence-corrected chi connectivity index (χ2v) is 5.41. The fourth-order valence-electron chi connectivity index (χ4n) is 2.39. The highest BCUT2D eigenvalue weighted by Crippen LogP contribution is 2.26. The van der Waals surface area contributed by atoms with Crippen LogP contribution >= 0.6 is 0 Å². The highest BCUT2D eigenvalue weighted by atomic mass is 16.5. The lowest BCUT2D eigenvalue weighted by molar-refractivity contribution is 0.0953. The maximum atomic E-state index is 12.4. The molecule has 0 radical (unpaired) electrons. The summed E-state index contributed by atoms with van der Waals surface area (Å²) in [7, 11) is 1.68. The molecular formula is C17H20N2O2. The molecule has 4 heteroatoms. The van der Waals surface area contributed by atoms with Crippen molar-refractivity contribution in [3.05, 3.63) is 42.0 Å².